The molecule has 0 aliphatic carbocycles. The molecule has 0 saturated heterocycles. The fourth-order valence-corrected chi connectivity index (χ4v) is 2.89. The summed E-state index contributed by atoms with van der Waals surface area (Å²) in [6.07, 6.45) is 2.88. The maximum absolute atomic E-state index is 14.5. The summed E-state index contributed by atoms with van der Waals surface area (Å²) in [4.78, 5) is 10.5. The first-order chi connectivity index (χ1) is 14.3. The van der Waals surface area contributed by atoms with E-state index in [1.54, 1.807) is 0 Å². The minimum Gasteiger partial charge on any atom is -0.450 e. The van der Waals surface area contributed by atoms with E-state index in [1.165, 1.54) is 18.5 Å². The van der Waals surface area contributed by atoms with Crippen LogP contribution in [0.5, 0.6) is 11.5 Å². The number of nitrogens with zero attached hydrogens (tertiary/aromatic N) is 2. The van der Waals surface area contributed by atoms with Crippen LogP contribution >= 0.6 is 11.6 Å². The van der Waals surface area contributed by atoms with Gasteiger partial charge in [-0.1, -0.05) is 11.6 Å². The molecule has 0 spiro atoms. The van der Waals surface area contributed by atoms with E-state index in [1.807, 2.05) is 0 Å². The zero-order chi connectivity index (χ0) is 21.9. The molecule has 3 aromatic rings. The van der Waals surface area contributed by atoms with E-state index in [-0.39, 0.29) is 22.4 Å². The number of halogens is 5. The largest absolute Gasteiger partial charge is 0.450 e. The van der Waals surface area contributed by atoms with Crippen molar-refractivity contribution in [3.05, 3.63) is 47.2 Å². The number of pyridine rings is 1. The molecule has 4 N–H and O–H groups in total. The summed E-state index contributed by atoms with van der Waals surface area (Å²) >= 11 is 6.06. The SMILES string of the molecule is CO.Fc1cc(NC2=NCC(F)(F)CN2)cc(F)c1Oc1ccnc2[nH]cc(Cl)c12. The van der Waals surface area contributed by atoms with E-state index in [2.05, 4.69) is 25.6 Å². The summed E-state index contributed by atoms with van der Waals surface area (Å²) in [7, 11) is 1.00. The number of alkyl halides is 2. The van der Waals surface area contributed by atoms with Crippen molar-refractivity contribution < 1.29 is 27.4 Å². The van der Waals surface area contributed by atoms with Crippen molar-refractivity contribution in [2.24, 2.45) is 4.99 Å². The van der Waals surface area contributed by atoms with Crippen molar-refractivity contribution in [1.82, 2.24) is 15.3 Å². The average molecular weight is 446 g/mol. The number of anilines is 1. The Labute approximate surface area is 172 Å². The zero-order valence-corrected chi connectivity index (χ0v) is 16.2. The fourth-order valence-electron chi connectivity index (χ4n) is 2.65. The lowest BCUT2D eigenvalue weighted by Crippen LogP contribution is -2.46. The van der Waals surface area contributed by atoms with E-state index in [4.69, 9.17) is 21.4 Å². The summed E-state index contributed by atoms with van der Waals surface area (Å²) in [5.41, 5.74) is 0.387. The zero-order valence-electron chi connectivity index (χ0n) is 15.4. The van der Waals surface area contributed by atoms with Crippen LogP contribution in [0.2, 0.25) is 5.02 Å². The van der Waals surface area contributed by atoms with E-state index in [0.717, 1.165) is 19.2 Å². The van der Waals surface area contributed by atoms with Gasteiger partial charge in [0.25, 0.3) is 5.92 Å². The van der Waals surface area contributed by atoms with Crippen molar-refractivity contribution in [1.29, 1.82) is 0 Å². The normalized spacial score (nSPS) is 15.0. The maximum Gasteiger partial charge on any atom is 0.284 e. The number of ether oxygens (including phenoxy) is 1. The van der Waals surface area contributed by atoms with Crippen molar-refractivity contribution in [3.63, 3.8) is 0 Å². The molecule has 0 radical (unpaired) electrons. The Morgan fingerprint density at radius 2 is 1.93 bits per heavy atom. The summed E-state index contributed by atoms with van der Waals surface area (Å²) in [6, 6.07) is 3.35. The number of rotatable bonds is 3. The highest BCUT2D eigenvalue weighted by Gasteiger charge is 2.32. The third-order valence-electron chi connectivity index (χ3n) is 3.94. The van der Waals surface area contributed by atoms with Gasteiger partial charge in [0, 0.05) is 37.3 Å². The first-order valence-corrected chi connectivity index (χ1v) is 8.86. The Morgan fingerprint density at radius 3 is 2.57 bits per heavy atom. The van der Waals surface area contributed by atoms with Crippen LogP contribution in [-0.2, 0) is 0 Å². The van der Waals surface area contributed by atoms with Gasteiger partial charge >= 0.3 is 0 Å². The van der Waals surface area contributed by atoms with Gasteiger partial charge in [0.2, 0.25) is 0 Å². The Kier molecular flexibility index (Phi) is 6.32. The van der Waals surface area contributed by atoms with Gasteiger partial charge in [0.1, 0.15) is 17.9 Å². The van der Waals surface area contributed by atoms with Gasteiger partial charge < -0.3 is 25.5 Å². The quantitative estimate of drug-likeness (QED) is 0.459. The number of hydrogen-bond acceptors (Lipinski definition) is 6. The Balaban J connectivity index is 0.00000124. The van der Waals surface area contributed by atoms with Crippen molar-refractivity contribution in [2.75, 3.05) is 25.5 Å². The fraction of sp³-hybridized carbons (Fsp3) is 0.222. The van der Waals surface area contributed by atoms with Crippen LogP contribution in [0, 0.1) is 11.6 Å². The summed E-state index contributed by atoms with van der Waals surface area (Å²) in [6.45, 7) is -1.34. The highest BCUT2D eigenvalue weighted by atomic mass is 35.5. The highest BCUT2D eigenvalue weighted by molar-refractivity contribution is 6.36. The average Bonchev–Trinajstić information content (AvgIpc) is 3.10. The van der Waals surface area contributed by atoms with Crippen molar-refractivity contribution in [2.45, 2.75) is 5.92 Å². The molecule has 160 valence electrons. The Morgan fingerprint density at radius 1 is 1.23 bits per heavy atom. The van der Waals surface area contributed by atoms with Gasteiger partial charge in [-0.15, -0.1) is 0 Å². The van der Waals surface area contributed by atoms with E-state index < -0.39 is 36.4 Å². The highest BCUT2D eigenvalue weighted by Crippen LogP contribution is 2.36. The predicted molar refractivity (Wildman–Crippen MR) is 105 cm³/mol. The standard InChI is InChI=1S/C17H12ClF4N5O.CH4O/c18-9-5-24-15-13(9)12(1-2-23-15)28-14-10(19)3-8(4-11(14)20)27-16-25-6-17(21,22)7-26-16;1-2/h1-5H,6-7H2,(H,23,24)(H2,25,26,27);2H,1H3. The molecule has 0 saturated carbocycles. The lowest BCUT2D eigenvalue weighted by atomic mass is 10.2. The van der Waals surface area contributed by atoms with Gasteiger partial charge in [0.15, 0.2) is 23.3 Å². The van der Waals surface area contributed by atoms with Gasteiger partial charge in [-0.25, -0.2) is 27.5 Å². The second kappa shape index (κ2) is 8.76. The van der Waals surface area contributed by atoms with Crippen LogP contribution < -0.4 is 15.4 Å². The molecule has 7 nitrogen and oxygen atoms in total. The lowest BCUT2D eigenvalue weighted by molar-refractivity contribution is 0.0125. The third kappa shape index (κ3) is 4.57. The molecule has 0 unspecified atom stereocenters. The molecule has 30 heavy (non-hydrogen) atoms. The minimum atomic E-state index is -2.96. The Hall–Kier alpha value is -3.05. The van der Waals surface area contributed by atoms with E-state index >= 15 is 0 Å². The summed E-state index contributed by atoms with van der Waals surface area (Å²) < 4.78 is 60.5. The van der Waals surface area contributed by atoms with Crippen LogP contribution in [0.15, 0.2) is 35.6 Å². The number of hydrogen-bond donors (Lipinski definition) is 4. The lowest BCUT2D eigenvalue weighted by Gasteiger charge is -2.23. The molecular weight excluding hydrogens is 430 g/mol. The van der Waals surface area contributed by atoms with E-state index in [0.29, 0.717) is 11.0 Å². The number of aromatic amines is 1. The van der Waals surface area contributed by atoms with Crippen molar-refractivity contribution in [3.8, 4) is 11.5 Å². The number of aliphatic hydroxyl groups excluding tert-OH is 1. The Bertz CT molecular complexity index is 1070. The molecule has 0 bridgehead atoms. The molecule has 1 aliphatic rings. The number of H-pyrrole nitrogens is 1. The topological polar surface area (TPSA) is 94.6 Å². The van der Waals surface area contributed by atoms with E-state index in [9.17, 15) is 17.6 Å². The molecule has 4 rings (SSSR count). The number of fused-ring (bicyclic) bond motifs is 1. The molecule has 1 aromatic carbocycles. The van der Waals surface area contributed by atoms with Crippen molar-refractivity contribution >= 4 is 34.3 Å². The van der Waals surface area contributed by atoms with Gasteiger partial charge in [-0.2, -0.15) is 0 Å². The number of aliphatic hydroxyl groups is 1. The smallest absolute Gasteiger partial charge is 0.284 e. The molecule has 1 aliphatic heterocycles. The van der Waals surface area contributed by atoms with Crippen LogP contribution in [0.25, 0.3) is 11.0 Å². The monoisotopic (exact) mass is 445 g/mol. The maximum atomic E-state index is 14.5. The molecule has 3 heterocycles. The van der Waals surface area contributed by atoms with Gasteiger partial charge in [-0.05, 0) is 6.07 Å². The molecule has 12 heteroatoms. The number of nitrogens with one attached hydrogen (secondary N) is 3. The van der Waals surface area contributed by atoms with Crippen LogP contribution in [0.4, 0.5) is 23.2 Å². The first kappa shape index (κ1) is 21.7. The second-order valence-corrected chi connectivity index (χ2v) is 6.45. The summed E-state index contributed by atoms with van der Waals surface area (Å²) in [5, 5.41) is 12.6. The molecule has 2 aromatic heterocycles. The minimum absolute atomic E-state index is 0.00617. The first-order valence-electron chi connectivity index (χ1n) is 8.49. The second-order valence-electron chi connectivity index (χ2n) is 6.04. The molecule has 0 atom stereocenters. The number of aromatic nitrogens is 2. The molecule has 0 fully saturated rings. The van der Waals surface area contributed by atoms with Gasteiger partial charge in [0.05, 0.1) is 17.0 Å². The number of benzene rings is 1. The summed E-state index contributed by atoms with van der Waals surface area (Å²) in [5.74, 6) is -5.49. The predicted octanol–water partition coefficient (Wildman–Crippen LogP) is 3.90. The number of guanidine groups is 1. The third-order valence-corrected chi connectivity index (χ3v) is 4.24. The van der Waals surface area contributed by atoms with Crippen LogP contribution in [0.3, 0.4) is 0 Å². The van der Waals surface area contributed by atoms with Crippen LogP contribution in [0.1, 0.15) is 0 Å². The number of aliphatic imine (C=N–C) groups is 1. The molecular formula is C18H16ClF4N5O2. The van der Waals surface area contributed by atoms with Gasteiger partial charge in [-0.3, -0.25) is 0 Å². The van der Waals surface area contributed by atoms with Crippen LogP contribution in [-0.4, -0.2) is 47.2 Å². The molecule has 0 amide bonds.